The van der Waals surface area contributed by atoms with E-state index in [1.165, 1.54) is 6.92 Å². The molecule has 0 bridgehead atoms. The van der Waals surface area contributed by atoms with Crippen LogP contribution in [0, 0.1) is 0 Å². The summed E-state index contributed by atoms with van der Waals surface area (Å²) < 4.78 is 22.4. The summed E-state index contributed by atoms with van der Waals surface area (Å²) in [5.74, 6) is 0. The first-order valence-electron chi connectivity index (χ1n) is 2.14. The van der Waals surface area contributed by atoms with E-state index in [0.29, 0.717) is 0 Å². The van der Waals surface area contributed by atoms with E-state index < -0.39 is 12.5 Å². The van der Waals surface area contributed by atoms with Crippen LogP contribution in [0.25, 0.3) is 0 Å². The summed E-state index contributed by atoms with van der Waals surface area (Å²) in [5.41, 5.74) is 0. The molecule has 1 nitrogen and oxygen atoms in total. The molecule has 0 radical (unpaired) electrons. The molecular weight excluding hydrogens is 102 g/mol. The molecule has 1 N–H and O–H groups in total. The lowest BCUT2D eigenvalue weighted by molar-refractivity contribution is -0.00595. The van der Waals surface area contributed by atoms with Crippen LogP contribution in [0.15, 0.2) is 0 Å². The molecular formula is C4H8F2O. The van der Waals surface area contributed by atoms with Gasteiger partial charge in [0.25, 0.3) is 6.43 Å². The van der Waals surface area contributed by atoms with Crippen LogP contribution in [-0.2, 0) is 0 Å². The standard InChI is InChI=1S/C4H8F2O/c1-2-3(7)4(5)6/h3-4,7H,2H2,1H3/t3-/m0/s1. The molecule has 44 valence electrons. The van der Waals surface area contributed by atoms with E-state index in [4.69, 9.17) is 5.11 Å². The molecule has 0 amide bonds. The normalized spacial score (nSPS) is 15.0. The van der Waals surface area contributed by atoms with Crippen LogP contribution in [0.1, 0.15) is 13.3 Å². The van der Waals surface area contributed by atoms with Crippen molar-refractivity contribution in [2.24, 2.45) is 0 Å². The minimum Gasteiger partial charge on any atom is -0.387 e. The Morgan fingerprint density at radius 3 is 2.00 bits per heavy atom. The smallest absolute Gasteiger partial charge is 0.264 e. The molecule has 7 heavy (non-hydrogen) atoms. The van der Waals surface area contributed by atoms with Crippen molar-refractivity contribution < 1.29 is 13.9 Å². The fourth-order valence-corrected chi connectivity index (χ4v) is 0.178. The summed E-state index contributed by atoms with van der Waals surface area (Å²) >= 11 is 0. The number of hydrogen-bond donors (Lipinski definition) is 1. The average Bonchev–Trinajstić information content (AvgIpc) is 1.65. The van der Waals surface area contributed by atoms with Gasteiger partial charge in [0.2, 0.25) is 0 Å². The van der Waals surface area contributed by atoms with Gasteiger partial charge in [-0.25, -0.2) is 8.78 Å². The van der Waals surface area contributed by atoms with Gasteiger partial charge in [-0.1, -0.05) is 6.92 Å². The molecule has 0 aromatic heterocycles. The van der Waals surface area contributed by atoms with Crippen molar-refractivity contribution >= 4 is 0 Å². The summed E-state index contributed by atoms with van der Waals surface area (Å²) in [4.78, 5) is 0. The second kappa shape index (κ2) is 2.91. The zero-order valence-corrected chi connectivity index (χ0v) is 4.06. The van der Waals surface area contributed by atoms with Crippen LogP contribution < -0.4 is 0 Å². The van der Waals surface area contributed by atoms with E-state index in [-0.39, 0.29) is 6.42 Å². The van der Waals surface area contributed by atoms with E-state index in [0.717, 1.165) is 0 Å². The van der Waals surface area contributed by atoms with Gasteiger partial charge in [0.1, 0.15) is 6.10 Å². The van der Waals surface area contributed by atoms with Gasteiger partial charge < -0.3 is 5.11 Å². The predicted octanol–water partition coefficient (Wildman–Crippen LogP) is 1.02. The first-order valence-corrected chi connectivity index (χ1v) is 2.14. The third kappa shape index (κ3) is 2.51. The van der Waals surface area contributed by atoms with E-state index >= 15 is 0 Å². The van der Waals surface area contributed by atoms with Crippen LogP contribution in [0.4, 0.5) is 8.78 Å². The fraction of sp³-hybridized carbons (Fsp3) is 1.00. The van der Waals surface area contributed by atoms with Crippen molar-refractivity contribution in [3.63, 3.8) is 0 Å². The quantitative estimate of drug-likeness (QED) is 0.562. The van der Waals surface area contributed by atoms with Crippen LogP contribution in [0.5, 0.6) is 0 Å². The fourth-order valence-electron chi connectivity index (χ4n) is 0.178. The van der Waals surface area contributed by atoms with Gasteiger partial charge >= 0.3 is 0 Å². The Morgan fingerprint density at radius 2 is 2.00 bits per heavy atom. The Hall–Kier alpha value is -0.180. The van der Waals surface area contributed by atoms with Crippen LogP contribution in [-0.4, -0.2) is 17.6 Å². The molecule has 0 spiro atoms. The summed E-state index contributed by atoms with van der Waals surface area (Å²) in [6.45, 7) is 1.51. The molecule has 0 unspecified atom stereocenters. The lowest BCUT2D eigenvalue weighted by Gasteiger charge is -2.02. The Labute approximate surface area is 41.0 Å². The van der Waals surface area contributed by atoms with Gasteiger partial charge in [0, 0.05) is 0 Å². The number of aliphatic hydroxyl groups excluding tert-OH is 1. The minimum atomic E-state index is -2.58. The van der Waals surface area contributed by atoms with Crippen molar-refractivity contribution in [1.29, 1.82) is 0 Å². The molecule has 0 fully saturated rings. The molecule has 3 heteroatoms. The van der Waals surface area contributed by atoms with Crippen molar-refractivity contribution in [3.8, 4) is 0 Å². The minimum absolute atomic E-state index is 0.123. The molecule has 0 aliphatic heterocycles. The molecule has 0 aliphatic carbocycles. The maximum absolute atomic E-state index is 11.2. The van der Waals surface area contributed by atoms with E-state index in [1.807, 2.05) is 0 Å². The molecule has 0 aliphatic rings. The van der Waals surface area contributed by atoms with Gasteiger partial charge in [0.15, 0.2) is 0 Å². The van der Waals surface area contributed by atoms with Crippen molar-refractivity contribution in [1.82, 2.24) is 0 Å². The third-order valence-electron chi connectivity index (χ3n) is 0.709. The van der Waals surface area contributed by atoms with Crippen LogP contribution in [0.3, 0.4) is 0 Å². The second-order valence-electron chi connectivity index (χ2n) is 1.31. The Kier molecular flexibility index (Phi) is 2.83. The largest absolute Gasteiger partial charge is 0.387 e. The topological polar surface area (TPSA) is 20.2 Å². The molecule has 0 saturated carbocycles. The van der Waals surface area contributed by atoms with Gasteiger partial charge in [-0.15, -0.1) is 0 Å². The monoisotopic (exact) mass is 110 g/mol. The second-order valence-corrected chi connectivity index (χ2v) is 1.31. The maximum atomic E-state index is 11.2. The van der Waals surface area contributed by atoms with E-state index in [1.54, 1.807) is 0 Å². The van der Waals surface area contributed by atoms with Gasteiger partial charge in [-0.2, -0.15) is 0 Å². The van der Waals surface area contributed by atoms with Crippen LogP contribution >= 0.6 is 0 Å². The number of halogens is 2. The number of rotatable bonds is 2. The van der Waals surface area contributed by atoms with Gasteiger partial charge in [-0.3, -0.25) is 0 Å². The van der Waals surface area contributed by atoms with Crippen molar-refractivity contribution in [3.05, 3.63) is 0 Å². The Balaban J connectivity index is 3.14. The molecule has 0 rings (SSSR count). The van der Waals surface area contributed by atoms with E-state index in [2.05, 4.69) is 0 Å². The zero-order valence-electron chi connectivity index (χ0n) is 4.06. The van der Waals surface area contributed by atoms with E-state index in [9.17, 15) is 8.78 Å². The Morgan fingerprint density at radius 1 is 1.57 bits per heavy atom. The highest BCUT2D eigenvalue weighted by atomic mass is 19.3. The first-order chi connectivity index (χ1) is 3.18. The number of aliphatic hydroxyl groups is 1. The Bertz CT molecular complexity index is 47.0. The molecule has 0 aromatic rings. The number of hydrogen-bond acceptors (Lipinski definition) is 1. The van der Waals surface area contributed by atoms with Crippen molar-refractivity contribution in [2.45, 2.75) is 25.9 Å². The zero-order chi connectivity index (χ0) is 5.86. The number of alkyl halides is 2. The predicted molar refractivity (Wildman–Crippen MR) is 22.3 cm³/mol. The highest BCUT2D eigenvalue weighted by Gasteiger charge is 2.12. The summed E-state index contributed by atoms with van der Waals surface area (Å²) in [5, 5.41) is 8.19. The molecule has 1 atom stereocenters. The highest BCUT2D eigenvalue weighted by molar-refractivity contribution is 4.51. The highest BCUT2D eigenvalue weighted by Crippen LogP contribution is 2.02. The summed E-state index contributed by atoms with van der Waals surface area (Å²) in [7, 11) is 0. The molecule has 0 saturated heterocycles. The SMILES string of the molecule is CC[C@H](O)C(F)F. The lowest BCUT2D eigenvalue weighted by atomic mass is 10.3. The summed E-state index contributed by atoms with van der Waals surface area (Å²) in [6.07, 6.45) is -3.89. The first kappa shape index (κ1) is 6.82. The van der Waals surface area contributed by atoms with Crippen LogP contribution in [0.2, 0.25) is 0 Å². The summed E-state index contributed by atoms with van der Waals surface area (Å²) in [6, 6.07) is 0. The van der Waals surface area contributed by atoms with Gasteiger partial charge in [-0.05, 0) is 6.42 Å². The van der Waals surface area contributed by atoms with Gasteiger partial charge in [0.05, 0.1) is 0 Å². The van der Waals surface area contributed by atoms with Crippen molar-refractivity contribution in [2.75, 3.05) is 0 Å². The maximum Gasteiger partial charge on any atom is 0.264 e. The molecule has 0 aromatic carbocycles. The average molecular weight is 110 g/mol. The third-order valence-corrected chi connectivity index (χ3v) is 0.709. The molecule has 0 heterocycles. The lowest BCUT2D eigenvalue weighted by Crippen LogP contribution is -2.14.